The van der Waals surface area contributed by atoms with Crippen LogP contribution in [0.4, 0.5) is 0 Å². The van der Waals surface area contributed by atoms with Crippen LogP contribution in [0.3, 0.4) is 0 Å². The zero-order valence-electron chi connectivity index (χ0n) is 13.4. The molecule has 2 unspecified atom stereocenters. The van der Waals surface area contributed by atoms with Crippen LogP contribution in [0, 0.1) is 5.92 Å². The van der Waals surface area contributed by atoms with Gasteiger partial charge in [-0.05, 0) is 38.6 Å². The highest BCUT2D eigenvalue weighted by Crippen LogP contribution is 2.21. The molecular formula is C14H30N4O2S. The minimum atomic E-state index is -3.30. The van der Waals surface area contributed by atoms with Crippen molar-refractivity contribution in [2.24, 2.45) is 11.7 Å². The largest absolute Gasteiger partial charge is 0.330 e. The Morgan fingerprint density at radius 2 is 1.81 bits per heavy atom. The van der Waals surface area contributed by atoms with Crippen molar-refractivity contribution in [3.8, 4) is 0 Å². The Bertz CT molecular complexity index is 421. The van der Waals surface area contributed by atoms with Gasteiger partial charge < -0.3 is 5.73 Å². The van der Waals surface area contributed by atoms with Gasteiger partial charge >= 0.3 is 0 Å². The molecule has 0 aliphatic carbocycles. The van der Waals surface area contributed by atoms with Gasteiger partial charge in [0.1, 0.15) is 0 Å². The third kappa shape index (κ3) is 3.96. The Balaban J connectivity index is 1.95. The normalized spacial score (nSPS) is 28.6. The highest BCUT2D eigenvalue weighted by Gasteiger charge is 2.35. The van der Waals surface area contributed by atoms with E-state index in [1.807, 2.05) is 0 Å². The summed E-state index contributed by atoms with van der Waals surface area (Å²) in [6.07, 6.45) is 3.08. The van der Waals surface area contributed by atoms with Crippen molar-refractivity contribution in [2.75, 3.05) is 45.8 Å². The molecule has 0 saturated carbocycles. The first kappa shape index (κ1) is 17.1. The first-order valence-corrected chi connectivity index (χ1v) is 9.58. The van der Waals surface area contributed by atoms with Crippen molar-refractivity contribution >= 4 is 10.2 Å². The molecule has 2 rings (SSSR count). The quantitative estimate of drug-likeness (QED) is 0.792. The smallest absolute Gasteiger partial charge is 0.282 e. The van der Waals surface area contributed by atoms with Crippen molar-refractivity contribution < 1.29 is 8.42 Å². The molecule has 21 heavy (non-hydrogen) atoms. The van der Waals surface area contributed by atoms with Crippen molar-refractivity contribution in [1.29, 1.82) is 0 Å². The molecule has 2 N–H and O–H groups in total. The molecule has 0 radical (unpaired) electrons. The lowest BCUT2D eigenvalue weighted by atomic mass is 10.0. The van der Waals surface area contributed by atoms with Gasteiger partial charge in [0, 0.05) is 45.3 Å². The maximum Gasteiger partial charge on any atom is 0.282 e. The summed E-state index contributed by atoms with van der Waals surface area (Å²) in [4.78, 5) is 2.38. The summed E-state index contributed by atoms with van der Waals surface area (Å²) in [5.41, 5.74) is 5.71. The minimum absolute atomic E-state index is 0.315. The van der Waals surface area contributed by atoms with E-state index in [9.17, 15) is 8.42 Å². The Labute approximate surface area is 129 Å². The van der Waals surface area contributed by atoms with Crippen LogP contribution in [0.5, 0.6) is 0 Å². The number of nitrogens with two attached hydrogens (primary N) is 1. The summed E-state index contributed by atoms with van der Waals surface area (Å²) in [5, 5.41) is 0. The lowest BCUT2D eigenvalue weighted by Crippen LogP contribution is -2.56. The number of hydrogen-bond acceptors (Lipinski definition) is 4. The molecule has 2 aliphatic rings. The fourth-order valence-electron chi connectivity index (χ4n) is 3.23. The van der Waals surface area contributed by atoms with E-state index in [-0.39, 0.29) is 0 Å². The van der Waals surface area contributed by atoms with Crippen LogP contribution in [-0.2, 0) is 10.2 Å². The Morgan fingerprint density at radius 1 is 1.14 bits per heavy atom. The van der Waals surface area contributed by atoms with Gasteiger partial charge in [0.15, 0.2) is 0 Å². The molecule has 2 aliphatic heterocycles. The molecule has 7 heteroatoms. The number of hydrogen-bond donors (Lipinski definition) is 1. The lowest BCUT2D eigenvalue weighted by Gasteiger charge is -2.40. The van der Waals surface area contributed by atoms with E-state index in [2.05, 4.69) is 18.7 Å². The van der Waals surface area contributed by atoms with Crippen LogP contribution in [-0.4, -0.2) is 73.8 Å². The van der Waals surface area contributed by atoms with Crippen LogP contribution in [0.1, 0.15) is 33.1 Å². The van der Waals surface area contributed by atoms with Gasteiger partial charge in [-0.25, -0.2) is 0 Å². The standard InChI is InChI=1S/C14H30N4O2S/c1-3-13(2)16-7-9-17(10-8-16)21(19,20)18-6-4-5-14(11-15)12-18/h13-14H,3-12,15H2,1-2H3. The Morgan fingerprint density at radius 3 is 2.38 bits per heavy atom. The van der Waals surface area contributed by atoms with Gasteiger partial charge in [-0.1, -0.05) is 6.92 Å². The van der Waals surface area contributed by atoms with E-state index in [1.54, 1.807) is 8.61 Å². The highest BCUT2D eigenvalue weighted by molar-refractivity contribution is 7.86. The molecule has 124 valence electrons. The fourth-order valence-corrected chi connectivity index (χ4v) is 4.94. The maximum atomic E-state index is 12.7. The predicted octanol–water partition coefficient (Wildman–Crippen LogP) is 0.318. The second-order valence-corrected chi connectivity index (χ2v) is 8.23. The molecule has 2 atom stereocenters. The van der Waals surface area contributed by atoms with Crippen molar-refractivity contribution in [2.45, 2.75) is 39.2 Å². The molecular weight excluding hydrogens is 288 g/mol. The van der Waals surface area contributed by atoms with Crippen LogP contribution in [0.15, 0.2) is 0 Å². The van der Waals surface area contributed by atoms with Gasteiger partial charge in [-0.15, -0.1) is 0 Å². The van der Waals surface area contributed by atoms with Crippen LogP contribution in [0.25, 0.3) is 0 Å². The monoisotopic (exact) mass is 318 g/mol. The molecule has 0 amide bonds. The Hall–Kier alpha value is -0.210. The number of rotatable bonds is 5. The average molecular weight is 318 g/mol. The van der Waals surface area contributed by atoms with Crippen LogP contribution >= 0.6 is 0 Å². The van der Waals surface area contributed by atoms with Crippen LogP contribution < -0.4 is 5.73 Å². The van der Waals surface area contributed by atoms with E-state index >= 15 is 0 Å². The minimum Gasteiger partial charge on any atom is -0.330 e. The topological polar surface area (TPSA) is 69.9 Å². The molecule has 2 fully saturated rings. The number of piperazine rings is 1. The summed E-state index contributed by atoms with van der Waals surface area (Å²) < 4.78 is 28.8. The third-order valence-electron chi connectivity index (χ3n) is 4.96. The summed E-state index contributed by atoms with van der Waals surface area (Å²) in [5.74, 6) is 0.315. The van der Waals surface area contributed by atoms with E-state index in [1.165, 1.54) is 0 Å². The van der Waals surface area contributed by atoms with Crippen molar-refractivity contribution in [1.82, 2.24) is 13.5 Å². The lowest BCUT2D eigenvalue weighted by molar-refractivity contribution is 0.136. The Kier molecular flexibility index (Phi) is 6.02. The summed E-state index contributed by atoms with van der Waals surface area (Å²) >= 11 is 0. The van der Waals surface area contributed by atoms with Crippen molar-refractivity contribution in [3.63, 3.8) is 0 Å². The molecule has 6 nitrogen and oxygen atoms in total. The van der Waals surface area contributed by atoms with Gasteiger partial charge in [0.05, 0.1) is 0 Å². The zero-order valence-corrected chi connectivity index (χ0v) is 14.2. The fraction of sp³-hybridized carbons (Fsp3) is 1.00. The highest BCUT2D eigenvalue weighted by atomic mass is 32.2. The predicted molar refractivity (Wildman–Crippen MR) is 85.2 cm³/mol. The molecule has 0 spiro atoms. The zero-order chi connectivity index (χ0) is 15.5. The van der Waals surface area contributed by atoms with Crippen LogP contribution in [0.2, 0.25) is 0 Å². The second kappa shape index (κ2) is 7.37. The second-order valence-electron chi connectivity index (χ2n) is 6.30. The average Bonchev–Trinajstić information content (AvgIpc) is 2.54. The van der Waals surface area contributed by atoms with E-state index in [0.717, 1.165) is 32.4 Å². The van der Waals surface area contributed by atoms with E-state index in [4.69, 9.17) is 5.73 Å². The maximum absolute atomic E-state index is 12.7. The number of nitrogens with zero attached hydrogens (tertiary/aromatic N) is 3. The summed E-state index contributed by atoms with van der Waals surface area (Å²) in [6.45, 7) is 9.08. The molecule has 0 aromatic carbocycles. The van der Waals surface area contributed by atoms with Gasteiger partial charge in [0.25, 0.3) is 10.2 Å². The number of piperidine rings is 1. The van der Waals surface area contributed by atoms with E-state index in [0.29, 0.717) is 44.7 Å². The van der Waals surface area contributed by atoms with E-state index < -0.39 is 10.2 Å². The van der Waals surface area contributed by atoms with Crippen molar-refractivity contribution in [3.05, 3.63) is 0 Å². The molecule has 2 heterocycles. The SMILES string of the molecule is CCC(C)N1CCN(S(=O)(=O)N2CCCC(CN)C2)CC1. The van der Waals surface area contributed by atoms with Gasteiger partial charge in [0.2, 0.25) is 0 Å². The summed E-state index contributed by atoms with van der Waals surface area (Å²) in [7, 11) is -3.30. The molecule has 0 aromatic heterocycles. The van der Waals surface area contributed by atoms with Gasteiger partial charge in [-0.2, -0.15) is 17.0 Å². The molecule has 0 aromatic rings. The molecule has 2 saturated heterocycles. The first-order chi connectivity index (χ1) is 9.98. The molecule has 0 bridgehead atoms. The first-order valence-electron chi connectivity index (χ1n) is 8.18. The van der Waals surface area contributed by atoms with Gasteiger partial charge in [-0.3, -0.25) is 4.90 Å². The third-order valence-corrected chi connectivity index (χ3v) is 6.96. The summed E-state index contributed by atoms with van der Waals surface area (Å²) in [6, 6.07) is 0.534.